The van der Waals surface area contributed by atoms with E-state index in [9.17, 15) is 0 Å². The van der Waals surface area contributed by atoms with E-state index >= 15 is 0 Å². The van der Waals surface area contributed by atoms with Crippen LogP contribution in [0.1, 0.15) is 50.0 Å². The number of nitrogens with zero attached hydrogens (tertiary/aromatic N) is 3. The molecule has 1 fully saturated rings. The van der Waals surface area contributed by atoms with Crippen molar-refractivity contribution in [3.63, 3.8) is 0 Å². The van der Waals surface area contributed by atoms with Crippen LogP contribution in [0.25, 0.3) is 0 Å². The van der Waals surface area contributed by atoms with Gasteiger partial charge in [-0.3, -0.25) is 0 Å². The molecule has 1 aliphatic heterocycles. The molecule has 6 nitrogen and oxygen atoms in total. The van der Waals surface area contributed by atoms with E-state index in [2.05, 4.69) is 15.1 Å². The number of nitrogen functional groups attached to an aromatic ring is 1. The molecular weight excluding hydrogens is 288 g/mol. The van der Waals surface area contributed by atoms with Crippen molar-refractivity contribution >= 4 is 16.5 Å². The van der Waals surface area contributed by atoms with E-state index in [1.807, 2.05) is 12.3 Å². The lowest BCUT2D eigenvalue weighted by atomic mass is 9.95. The average Bonchev–Trinajstić information content (AvgIpc) is 3.10. The Hall–Kier alpha value is -1.47. The fraction of sp³-hybridized carbons (Fsp3) is 0.643. The third-order valence-corrected chi connectivity index (χ3v) is 4.53. The lowest BCUT2D eigenvalue weighted by molar-refractivity contribution is -0.0770. The van der Waals surface area contributed by atoms with Crippen molar-refractivity contribution < 1.29 is 9.26 Å². The van der Waals surface area contributed by atoms with Gasteiger partial charge >= 0.3 is 0 Å². The molecule has 1 aliphatic rings. The van der Waals surface area contributed by atoms with E-state index < -0.39 is 0 Å². The van der Waals surface area contributed by atoms with Crippen molar-refractivity contribution in [1.82, 2.24) is 15.1 Å². The summed E-state index contributed by atoms with van der Waals surface area (Å²) in [4.78, 5) is 8.74. The summed E-state index contributed by atoms with van der Waals surface area (Å²) >= 11 is 1.47. The van der Waals surface area contributed by atoms with Gasteiger partial charge in [0.15, 0.2) is 5.13 Å². The molecule has 0 saturated carbocycles. The molecule has 0 bridgehead atoms. The Morgan fingerprint density at radius 2 is 2.24 bits per heavy atom. The minimum absolute atomic E-state index is 0.386. The molecule has 21 heavy (non-hydrogen) atoms. The highest BCUT2D eigenvalue weighted by atomic mass is 32.1. The zero-order valence-corrected chi connectivity index (χ0v) is 13.0. The van der Waals surface area contributed by atoms with E-state index in [4.69, 9.17) is 15.0 Å². The number of thiazole rings is 1. The van der Waals surface area contributed by atoms with Crippen molar-refractivity contribution in [2.45, 2.75) is 51.0 Å². The minimum atomic E-state index is -0.386. The Morgan fingerprint density at radius 3 is 2.95 bits per heavy atom. The number of aromatic nitrogens is 3. The number of ether oxygens (including phenoxy) is 1. The van der Waals surface area contributed by atoms with Crippen LogP contribution in [0.3, 0.4) is 0 Å². The molecule has 1 saturated heterocycles. The van der Waals surface area contributed by atoms with E-state index in [0.29, 0.717) is 16.8 Å². The number of anilines is 1. The standard InChI is InChI=1S/C14H20N4O2S/c1-14(7-2-3-8-19-14)12-17-11(20-18-12)6-4-5-10-9-21-13(15)16-10/h9H,2-8H2,1H3,(H2,15,16). The zero-order valence-electron chi connectivity index (χ0n) is 12.2. The summed E-state index contributed by atoms with van der Waals surface area (Å²) in [6, 6.07) is 0. The smallest absolute Gasteiger partial charge is 0.226 e. The summed E-state index contributed by atoms with van der Waals surface area (Å²) < 4.78 is 11.2. The van der Waals surface area contributed by atoms with Crippen molar-refractivity contribution in [2.24, 2.45) is 0 Å². The SMILES string of the molecule is CC1(c2noc(CCCc3csc(N)n3)n2)CCCCO1. The Kier molecular flexibility index (Phi) is 4.21. The first kappa shape index (κ1) is 14.5. The second-order valence-corrected chi connectivity index (χ2v) is 6.47. The maximum atomic E-state index is 5.83. The quantitative estimate of drug-likeness (QED) is 0.913. The fourth-order valence-corrected chi connectivity index (χ4v) is 3.14. The van der Waals surface area contributed by atoms with E-state index in [1.165, 1.54) is 11.3 Å². The minimum Gasteiger partial charge on any atom is -0.375 e. The van der Waals surface area contributed by atoms with Gasteiger partial charge in [-0.1, -0.05) is 5.16 Å². The third-order valence-electron chi connectivity index (χ3n) is 3.80. The molecule has 0 spiro atoms. The van der Waals surface area contributed by atoms with Gasteiger partial charge in [0.05, 0.1) is 5.69 Å². The van der Waals surface area contributed by atoms with Crippen molar-refractivity contribution in [3.05, 3.63) is 22.8 Å². The van der Waals surface area contributed by atoms with E-state index in [0.717, 1.165) is 50.8 Å². The third kappa shape index (κ3) is 3.41. The molecule has 0 aliphatic carbocycles. The lowest BCUT2D eigenvalue weighted by Crippen LogP contribution is -2.31. The molecule has 3 heterocycles. The Labute approximate surface area is 127 Å². The van der Waals surface area contributed by atoms with E-state index in [1.54, 1.807) is 0 Å². The number of rotatable bonds is 5. The summed E-state index contributed by atoms with van der Waals surface area (Å²) in [6.45, 7) is 2.81. The van der Waals surface area contributed by atoms with E-state index in [-0.39, 0.29) is 5.60 Å². The predicted octanol–water partition coefficient (Wildman–Crippen LogP) is 2.70. The molecule has 2 aromatic rings. The van der Waals surface area contributed by atoms with Gasteiger partial charge in [0.2, 0.25) is 11.7 Å². The summed E-state index contributed by atoms with van der Waals surface area (Å²) in [7, 11) is 0. The van der Waals surface area contributed by atoms with Crippen LogP contribution >= 0.6 is 11.3 Å². The van der Waals surface area contributed by atoms with Gasteiger partial charge in [-0.05, 0) is 39.0 Å². The van der Waals surface area contributed by atoms with Crippen molar-refractivity contribution in [2.75, 3.05) is 12.3 Å². The molecule has 3 rings (SSSR count). The maximum Gasteiger partial charge on any atom is 0.226 e. The van der Waals surface area contributed by atoms with Gasteiger partial charge < -0.3 is 15.0 Å². The van der Waals surface area contributed by atoms with Gasteiger partial charge in [0.1, 0.15) is 5.60 Å². The molecule has 1 unspecified atom stereocenters. The lowest BCUT2D eigenvalue weighted by Gasteiger charge is -2.30. The summed E-state index contributed by atoms with van der Waals surface area (Å²) in [6.07, 6.45) is 5.74. The number of aryl methyl sites for hydroxylation is 2. The molecule has 0 radical (unpaired) electrons. The van der Waals surface area contributed by atoms with Crippen LogP contribution in [0.2, 0.25) is 0 Å². The first-order valence-electron chi connectivity index (χ1n) is 7.33. The topological polar surface area (TPSA) is 87.1 Å². The number of hydrogen-bond donors (Lipinski definition) is 1. The van der Waals surface area contributed by atoms with Crippen LogP contribution < -0.4 is 5.73 Å². The zero-order chi connectivity index (χ0) is 14.7. The predicted molar refractivity (Wildman–Crippen MR) is 80.0 cm³/mol. The Morgan fingerprint density at radius 1 is 1.33 bits per heavy atom. The van der Waals surface area contributed by atoms with Crippen LogP contribution in [0, 0.1) is 0 Å². The second kappa shape index (κ2) is 6.11. The van der Waals surface area contributed by atoms with Gasteiger partial charge in [0, 0.05) is 18.4 Å². The first-order valence-corrected chi connectivity index (χ1v) is 8.21. The highest BCUT2D eigenvalue weighted by molar-refractivity contribution is 7.13. The summed E-state index contributed by atoms with van der Waals surface area (Å²) in [5.41, 5.74) is 6.26. The molecule has 2 aromatic heterocycles. The molecule has 0 amide bonds. The van der Waals surface area contributed by atoms with Gasteiger partial charge in [0.25, 0.3) is 0 Å². The van der Waals surface area contributed by atoms with Crippen LogP contribution in [-0.2, 0) is 23.2 Å². The largest absolute Gasteiger partial charge is 0.375 e. The van der Waals surface area contributed by atoms with Gasteiger partial charge in [-0.25, -0.2) is 4.98 Å². The van der Waals surface area contributed by atoms with Crippen molar-refractivity contribution in [1.29, 1.82) is 0 Å². The molecule has 0 aromatic carbocycles. The summed E-state index contributed by atoms with van der Waals surface area (Å²) in [5, 5.41) is 6.71. The fourth-order valence-electron chi connectivity index (χ4n) is 2.54. The van der Waals surface area contributed by atoms with Crippen LogP contribution in [0.5, 0.6) is 0 Å². The van der Waals surface area contributed by atoms with Gasteiger partial charge in [-0.2, -0.15) is 4.98 Å². The summed E-state index contributed by atoms with van der Waals surface area (Å²) in [5.74, 6) is 1.35. The molecule has 1 atom stereocenters. The molecular formula is C14H20N4O2S. The van der Waals surface area contributed by atoms with Crippen LogP contribution in [0.15, 0.2) is 9.90 Å². The molecule has 2 N–H and O–H groups in total. The van der Waals surface area contributed by atoms with Crippen LogP contribution in [-0.4, -0.2) is 21.7 Å². The van der Waals surface area contributed by atoms with Crippen molar-refractivity contribution in [3.8, 4) is 0 Å². The molecule has 7 heteroatoms. The van der Waals surface area contributed by atoms with Crippen LogP contribution in [0.4, 0.5) is 5.13 Å². The molecule has 114 valence electrons. The van der Waals surface area contributed by atoms with Gasteiger partial charge in [-0.15, -0.1) is 11.3 Å². The highest BCUT2D eigenvalue weighted by Gasteiger charge is 2.34. The second-order valence-electron chi connectivity index (χ2n) is 5.58. The first-order chi connectivity index (χ1) is 10.2. The normalized spacial score (nSPS) is 22.5. The maximum absolute atomic E-state index is 5.83. The highest BCUT2D eigenvalue weighted by Crippen LogP contribution is 2.32. The Bertz CT molecular complexity index is 589. The average molecular weight is 308 g/mol. The Balaban J connectivity index is 1.55. The number of hydrogen-bond acceptors (Lipinski definition) is 7. The number of nitrogens with two attached hydrogens (primary N) is 1. The monoisotopic (exact) mass is 308 g/mol.